The second-order valence-electron chi connectivity index (χ2n) is 5.03. The first-order valence-corrected chi connectivity index (χ1v) is 5.41. The van der Waals surface area contributed by atoms with E-state index in [4.69, 9.17) is 17.3 Å². The van der Waals surface area contributed by atoms with Crippen LogP contribution >= 0.6 is 11.6 Å². The SMILES string of the molecule is CC(C)(C)Cc1cc(Cl)c(O)c(CN)c1. The first-order valence-electron chi connectivity index (χ1n) is 5.04. The molecule has 1 rings (SSSR count). The van der Waals surface area contributed by atoms with Crippen molar-refractivity contribution in [1.82, 2.24) is 0 Å². The molecular weight excluding hydrogens is 210 g/mol. The second-order valence-corrected chi connectivity index (χ2v) is 5.43. The maximum absolute atomic E-state index is 9.61. The number of nitrogens with two attached hydrogens (primary N) is 1. The highest BCUT2D eigenvalue weighted by Crippen LogP contribution is 2.31. The number of rotatable bonds is 2. The zero-order chi connectivity index (χ0) is 11.6. The third-order valence-corrected chi connectivity index (χ3v) is 2.44. The Kier molecular flexibility index (Phi) is 3.63. The van der Waals surface area contributed by atoms with Gasteiger partial charge in [-0.15, -0.1) is 0 Å². The van der Waals surface area contributed by atoms with Crippen molar-refractivity contribution in [2.45, 2.75) is 33.7 Å². The van der Waals surface area contributed by atoms with Gasteiger partial charge in [0, 0.05) is 12.1 Å². The van der Waals surface area contributed by atoms with E-state index in [0.29, 0.717) is 17.1 Å². The number of benzene rings is 1. The first kappa shape index (κ1) is 12.3. The van der Waals surface area contributed by atoms with Gasteiger partial charge in [0.25, 0.3) is 0 Å². The summed E-state index contributed by atoms with van der Waals surface area (Å²) in [6.07, 6.45) is 0.917. The predicted molar refractivity (Wildman–Crippen MR) is 64.2 cm³/mol. The molecule has 0 aromatic heterocycles. The molecule has 0 heterocycles. The van der Waals surface area contributed by atoms with Crippen molar-refractivity contribution in [1.29, 1.82) is 0 Å². The van der Waals surface area contributed by atoms with Crippen molar-refractivity contribution in [2.24, 2.45) is 11.1 Å². The van der Waals surface area contributed by atoms with Gasteiger partial charge < -0.3 is 10.8 Å². The summed E-state index contributed by atoms with van der Waals surface area (Å²) in [4.78, 5) is 0. The molecule has 0 bridgehead atoms. The van der Waals surface area contributed by atoms with E-state index in [9.17, 15) is 5.11 Å². The lowest BCUT2D eigenvalue weighted by molar-refractivity contribution is 0.410. The zero-order valence-electron chi connectivity index (χ0n) is 9.47. The van der Waals surface area contributed by atoms with Gasteiger partial charge in [0.15, 0.2) is 0 Å². The maximum atomic E-state index is 9.61. The van der Waals surface area contributed by atoms with Gasteiger partial charge in [-0.05, 0) is 23.5 Å². The fourth-order valence-electron chi connectivity index (χ4n) is 1.59. The van der Waals surface area contributed by atoms with E-state index in [1.54, 1.807) is 6.07 Å². The number of phenols is 1. The van der Waals surface area contributed by atoms with Crippen molar-refractivity contribution in [3.05, 3.63) is 28.3 Å². The van der Waals surface area contributed by atoms with Crippen molar-refractivity contribution in [2.75, 3.05) is 0 Å². The van der Waals surface area contributed by atoms with Crippen LogP contribution in [0.2, 0.25) is 5.02 Å². The van der Waals surface area contributed by atoms with E-state index in [0.717, 1.165) is 12.0 Å². The highest BCUT2D eigenvalue weighted by atomic mass is 35.5. The highest BCUT2D eigenvalue weighted by Gasteiger charge is 2.14. The van der Waals surface area contributed by atoms with Gasteiger partial charge in [-0.25, -0.2) is 0 Å². The summed E-state index contributed by atoms with van der Waals surface area (Å²) < 4.78 is 0. The lowest BCUT2D eigenvalue weighted by atomic mass is 9.87. The molecule has 0 radical (unpaired) electrons. The Morgan fingerprint density at radius 1 is 1.33 bits per heavy atom. The number of halogens is 1. The standard InChI is InChI=1S/C12H18ClNO/c1-12(2,3)6-8-4-9(7-14)11(15)10(13)5-8/h4-5,15H,6-7,14H2,1-3H3. The van der Waals surface area contributed by atoms with Crippen molar-refractivity contribution in [3.63, 3.8) is 0 Å². The average Bonchev–Trinajstić information content (AvgIpc) is 2.08. The summed E-state index contributed by atoms with van der Waals surface area (Å²) in [7, 11) is 0. The van der Waals surface area contributed by atoms with Crippen LogP contribution in [0.3, 0.4) is 0 Å². The molecule has 0 atom stereocenters. The summed E-state index contributed by atoms with van der Waals surface area (Å²) in [5.74, 6) is 0.108. The summed E-state index contributed by atoms with van der Waals surface area (Å²) >= 11 is 5.92. The van der Waals surface area contributed by atoms with E-state index in [-0.39, 0.29) is 11.2 Å². The Balaban J connectivity index is 3.06. The summed E-state index contributed by atoms with van der Waals surface area (Å²) in [5.41, 5.74) is 7.56. The number of phenolic OH excluding ortho intramolecular Hbond substituents is 1. The second kappa shape index (κ2) is 4.42. The quantitative estimate of drug-likeness (QED) is 0.816. The van der Waals surface area contributed by atoms with E-state index >= 15 is 0 Å². The maximum Gasteiger partial charge on any atom is 0.138 e. The normalized spacial score (nSPS) is 11.8. The molecule has 0 unspecified atom stereocenters. The van der Waals surface area contributed by atoms with E-state index < -0.39 is 0 Å². The van der Waals surface area contributed by atoms with Gasteiger partial charge >= 0.3 is 0 Å². The van der Waals surface area contributed by atoms with E-state index in [2.05, 4.69) is 20.8 Å². The molecule has 2 nitrogen and oxygen atoms in total. The lowest BCUT2D eigenvalue weighted by Crippen LogP contribution is -2.10. The molecular formula is C12H18ClNO. The predicted octanol–water partition coefficient (Wildman–Crippen LogP) is 3.09. The fraction of sp³-hybridized carbons (Fsp3) is 0.500. The Morgan fingerprint density at radius 2 is 1.93 bits per heavy atom. The molecule has 84 valence electrons. The molecule has 0 spiro atoms. The van der Waals surface area contributed by atoms with Crippen LogP contribution < -0.4 is 5.73 Å². The molecule has 0 saturated carbocycles. The largest absolute Gasteiger partial charge is 0.506 e. The topological polar surface area (TPSA) is 46.2 Å². The first-order chi connectivity index (χ1) is 6.83. The van der Waals surface area contributed by atoms with E-state index in [1.165, 1.54) is 0 Å². The third-order valence-electron chi connectivity index (χ3n) is 2.16. The average molecular weight is 228 g/mol. The van der Waals surface area contributed by atoms with Crippen molar-refractivity contribution in [3.8, 4) is 5.75 Å². The molecule has 1 aromatic rings. The molecule has 3 N–H and O–H groups in total. The minimum Gasteiger partial charge on any atom is -0.506 e. The molecule has 0 aliphatic carbocycles. The molecule has 3 heteroatoms. The zero-order valence-corrected chi connectivity index (χ0v) is 10.2. The molecule has 15 heavy (non-hydrogen) atoms. The van der Waals surface area contributed by atoms with Crippen LogP contribution in [0.1, 0.15) is 31.9 Å². The van der Waals surface area contributed by atoms with Crippen LogP contribution in [-0.2, 0) is 13.0 Å². The smallest absolute Gasteiger partial charge is 0.138 e. The fourth-order valence-corrected chi connectivity index (χ4v) is 1.85. The van der Waals surface area contributed by atoms with Crippen LogP contribution in [0, 0.1) is 5.41 Å². The van der Waals surface area contributed by atoms with Crippen molar-refractivity contribution < 1.29 is 5.11 Å². The van der Waals surface area contributed by atoms with Crippen LogP contribution in [0.25, 0.3) is 0 Å². The number of hydrogen-bond donors (Lipinski definition) is 2. The van der Waals surface area contributed by atoms with Crippen molar-refractivity contribution >= 4 is 11.6 Å². The summed E-state index contributed by atoms with van der Waals surface area (Å²) in [6.45, 7) is 6.80. The molecule has 1 aromatic carbocycles. The van der Waals surface area contributed by atoms with Gasteiger partial charge in [0.2, 0.25) is 0 Å². The van der Waals surface area contributed by atoms with Crippen LogP contribution in [-0.4, -0.2) is 5.11 Å². The third kappa shape index (κ3) is 3.40. The minimum absolute atomic E-state index is 0.108. The van der Waals surface area contributed by atoms with Gasteiger partial charge in [-0.2, -0.15) is 0 Å². The molecule has 0 aliphatic heterocycles. The van der Waals surface area contributed by atoms with Gasteiger partial charge in [-0.3, -0.25) is 0 Å². The molecule has 0 saturated heterocycles. The Morgan fingerprint density at radius 3 is 2.40 bits per heavy atom. The summed E-state index contributed by atoms with van der Waals surface area (Å²) in [5, 5.41) is 9.99. The molecule has 0 amide bonds. The monoisotopic (exact) mass is 227 g/mol. The van der Waals surface area contributed by atoms with E-state index in [1.807, 2.05) is 6.07 Å². The number of aromatic hydroxyl groups is 1. The Bertz CT molecular complexity index is 355. The molecule has 0 aliphatic rings. The van der Waals surface area contributed by atoms with Crippen LogP contribution in [0.15, 0.2) is 12.1 Å². The number of hydrogen-bond acceptors (Lipinski definition) is 2. The lowest BCUT2D eigenvalue weighted by Gasteiger charge is -2.19. The van der Waals surface area contributed by atoms with Gasteiger partial charge in [-0.1, -0.05) is 38.4 Å². The van der Waals surface area contributed by atoms with Crippen LogP contribution in [0.4, 0.5) is 0 Å². The highest BCUT2D eigenvalue weighted by molar-refractivity contribution is 6.32. The van der Waals surface area contributed by atoms with Gasteiger partial charge in [0.1, 0.15) is 5.75 Å². The molecule has 0 fully saturated rings. The summed E-state index contributed by atoms with van der Waals surface area (Å²) in [6, 6.07) is 3.73. The van der Waals surface area contributed by atoms with Gasteiger partial charge in [0.05, 0.1) is 5.02 Å². The Labute approximate surface area is 96.1 Å². The minimum atomic E-state index is 0.108. The van der Waals surface area contributed by atoms with Crippen LogP contribution in [0.5, 0.6) is 5.75 Å². The Hall–Kier alpha value is -0.730.